The molecule has 5 heteroatoms. The van der Waals surface area contributed by atoms with Gasteiger partial charge < -0.3 is 0 Å². The zero-order valence-corrected chi connectivity index (χ0v) is 14.1. The Morgan fingerprint density at radius 1 is 1.18 bits per heavy atom. The molecular weight excluding hydrogens is 274 g/mol. The van der Waals surface area contributed by atoms with Crippen molar-refractivity contribution in [3.05, 3.63) is 34.4 Å². The van der Waals surface area contributed by atoms with Crippen molar-refractivity contribution in [3.8, 4) is 0 Å². The smallest absolute Gasteiger partial charge is 0.0650 e. The van der Waals surface area contributed by atoms with E-state index < -0.39 is 0 Å². The van der Waals surface area contributed by atoms with Gasteiger partial charge >= 0.3 is 0 Å². The van der Waals surface area contributed by atoms with E-state index in [0.717, 1.165) is 25.3 Å². The van der Waals surface area contributed by atoms with Crippen LogP contribution in [0.5, 0.6) is 0 Å². The molecule has 0 amide bonds. The first-order valence-corrected chi connectivity index (χ1v) is 8.32. The topological polar surface area (TPSA) is 60.6 Å². The first kappa shape index (κ1) is 15.3. The molecule has 0 aliphatic carbocycles. The van der Waals surface area contributed by atoms with Gasteiger partial charge in [0.15, 0.2) is 0 Å². The fraction of sp³-hybridized carbons (Fsp3) is 0.647. The Morgan fingerprint density at radius 2 is 1.91 bits per heavy atom. The summed E-state index contributed by atoms with van der Waals surface area (Å²) in [5.41, 5.74) is 6.20. The van der Waals surface area contributed by atoms with Crippen LogP contribution in [-0.2, 0) is 6.54 Å². The molecule has 5 nitrogen and oxygen atoms in total. The summed E-state index contributed by atoms with van der Waals surface area (Å²) in [7, 11) is 0. The Hall–Kier alpha value is -1.62. The number of H-pyrrole nitrogens is 2. The molecule has 0 radical (unpaired) electrons. The van der Waals surface area contributed by atoms with E-state index in [1.165, 1.54) is 35.5 Å². The molecule has 0 spiro atoms. The minimum atomic E-state index is 0.497. The summed E-state index contributed by atoms with van der Waals surface area (Å²) in [4.78, 5) is 2.54. The molecule has 0 bridgehead atoms. The number of nitrogens with one attached hydrogen (secondary N) is 2. The van der Waals surface area contributed by atoms with Gasteiger partial charge in [-0.3, -0.25) is 15.1 Å². The molecule has 1 aliphatic rings. The number of aromatic amines is 2. The highest BCUT2D eigenvalue weighted by atomic mass is 15.2. The summed E-state index contributed by atoms with van der Waals surface area (Å²) in [6.07, 6.45) is 2.41. The Morgan fingerprint density at radius 3 is 2.45 bits per heavy atom. The van der Waals surface area contributed by atoms with Crippen molar-refractivity contribution in [2.75, 3.05) is 13.1 Å². The first-order valence-electron chi connectivity index (χ1n) is 8.32. The largest absolute Gasteiger partial charge is 0.299 e. The van der Waals surface area contributed by atoms with E-state index >= 15 is 0 Å². The summed E-state index contributed by atoms with van der Waals surface area (Å²) in [5.74, 6) is 1.12. The molecule has 1 saturated heterocycles. The SMILES string of the molecule is Cc1n[nH]c(C)c1CN1CCC(c2cc(C(C)C)n[nH]2)CC1. The van der Waals surface area contributed by atoms with Crippen LogP contribution in [0.1, 0.15) is 66.9 Å². The summed E-state index contributed by atoms with van der Waals surface area (Å²) in [6, 6.07) is 2.26. The average Bonchev–Trinajstić information content (AvgIpc) is 3.11. The first-order chi connectivity index (χ1) is 10.5. The van der Waals surface area contributed by atoms with Crippen LogP contribution in [0, 0.1) is 13.8 Å². The van der Waals surface area contributed by atoms with Crippen LogP contribution >= 0.6 is 0 Å². The van der Waals surface area contributed by atoms with E-state index in [1.807, 2.05) is 0 Å². The quantitative estimate of drug-likeness (QED) is 0.911. The number of rotatable bonds is 4. The van der Waals surface area contributed by atoms with Gasteiger partial charge in [-0.1, -0.05) is 13.8 Å². The maximum Gasteiger partial charge on any atom is 0.0650 e. The van der Waals surface area contributed by atoms with Crippen molar-refractivity contribution in [3.63, 3.8) is 0 Å². The van der Waals surface area contributed by atoms with E-state index in [1.54, 1.807) is 0 Å². The molecule has 22 heavy (non-hydrogen) atoms. The predicted octanol–water partition coefficient (Wildman–Crippen LogP) is 3.25. The monoisotopic (exact) mass is 301 g/mol. The molecule has 120 valence electrons. The molecular formula is C17H27N5. The van der Waals surface area contributed by atoms with Crippen molar-refractivity contribution in [2.24, 2.45) is 0 Å². The molecule has 2 aromatic heterocycles. The standard InChI is InChI=1S/C17H27N5/c1-11(2)16-9-17(21-20-16)14-5-7-22(8-6-14)10-15-12(3)18-19-13(15)4/h9,11,14H,5-8,10H2,1-4H3,(H,18,19)(H,20,21). The molecule has 0 saturated carbocycles. The van der Waals surface area contributed by atoms with Crippen LogP contribution in [-0.4, -0.2) is 38.4 Å². The minimum Gasteiger partial charge on any atom is -0.299 e. The highest BCUT2D eigenvalue weighted by molar-refractivity contribution is 5.23. The van der Waals surface area contributed by atoms with E-state index in [-0.39, 0.29) is 0 Å². The Kier molecular flexibility index (Phi) is 4.34. The van der Waals surface area contributed by atoms with Gasteiger partial charge in [0, 0.05) is 29.4 Å². The predicted molar refractivity (Wildman–Crippen MR) is 88.0 cm³/mol. The highest BCUT2D eigenvalue weighted by Gasteiger charge is 2.23. The van der Waals surface area contributed by atoms with Crippen molar-refractivity contribution in [1.29, 1.82) is 0 Å². The van der Waals surface area contributed by atoms with Crippen LogP contribution < -0.4 is 0 Å². The lowest BCUT2D eigenvalue weighted by Crippen LogP contribution is -2.32. The van der Waals surface area contributed by atoms with Crippen LogP contribution in [0.3, 0.4) is 0 Å². The van der Waals surface area contributed by atoms with Gasteiger partial charge in [-0.15, -0.1) is 0 Å². The van der Waals surface area contributed by atoms with Crippen molar-refractivity contribution < 1.29 is 0 Å². The van der Waals surface area contributed by atoms with Crippen molar-refractivity contribution in [2.45, 2.75) is 58.9 Å². The molecule has 0 atom stereocenters. The Balaban J connectivity index is 1.58. The number of aryl methyl sites for hydroxylation is 2. The second kappa shape index (κ2) is 6.24. The summed E-state index contributed by atoms with van der Waals surface area (Å²) in [5, 5.41) is 15.1. The molecule has 3 heterocycles. The van der Waals surface area contributed by atoms with Crippen LogP contribution in [0.2, 0.25) is 0 Å². The Labute approximate surface area is 132 Å². The lowest BCUT2D eigenvalue weighted by atomic mass is 9.92. The fourth-order valence-electron chi connectivity index (χ4n) is 3.29. The fourth-order valence-corrected chi connectivity index (χ4v) is 3.29. The van der Waals surface area contributed by atoms with Gasteiger partial charge in [0.05, 0.1) is 11.4 Å². The van der Waals surface area contributed by atoms with Crippen LogP contribution in [0.25, 0.3) is 0 Å². The third-order valence-corrected chi connectivity index (χ3v) is 4.90. The molecule has 2 N–H and O–H groups in total. The van der Waals surface area contributed by atoms with E-state index in [4.69, 9.17) is 0 Å². The second-order valence-electron chi connectivity index (χ2n) is 6.87. The van der Waals surface area contributed by atoms with E-state index in [9.17, 15) is 0 Å². The van der Waals surface area contributed by atoms with Gasteiger partial charge in [-0.05, 0) is 51.8 Å². The zero-order valence-electron chi connectivity index (χ0n) is 14.1. The van der Waals surface area contributed by atoms with E-state index in [2.05, 4.69) is 59.1 Å². The average molecular weight is 301 g/mol. The van der Waals surface area contributed by atoms with Gasteiger partial charge in [0.1, 0.15) is 0 Å². The second-order valence-corrected chi connectivity index (χ2v) is 6.87. The highest BCUT2D eigenvalue weighted by Crippen LogP contribution is 2.29. The maximum absolute atomic E-state index is 4.44. The number of nitrogens with zero attached hydrogens (tertiary/aromatic N) is 3. The van der Waals surface area contributed by atoms with Crippen LogP contribution in [0.15, 0.2) is 6.07 Å². The van der Waals surface area contributed by atoms with Gasteiger partial charge in [0.25, 0.3) is 0 Å². The lowest BCUT2D eigenvalue weighted by Gasteiger charge is -2.31. The Bertz CT molecular complexity index is 597. The molecule has 0 unspecified atom stereocenters. The van der Waals surface area contributed by atoms with Gasteiger partial charge in [-0.2, -0.15) is 10.2 Å². The minimum absolute atomic E-state index is 0.497. The van der Waals surface area contributed by atoms with Crippen molar-refractivity contribution in [1.82, 2.24) is 25.3 Å². The third kappa shape index (κ3) is 3.09. The summed E-state index contributed by atoms with van der Waals surface area (Å²) in [6.45, 7) is 11.9. The molecule has 0 aromatic carbocycles. The molecule has 3 rings (SSSR count). The maximum atomic E-state index is 4.44. The normalized spacial score (nSPS) is 17.5. The zero-order chi connectivity index (χ0) is 15.7. The number of hydrogen-bond donors (Lipinski definition) is 2. The number of aromatic nitrogens is 4. The summed E-state index contributed by atoms with van der Waals surface area (Å²) >= 11 is 0. The van der Waals surface area contributed by atoms with Crippen molar-refractivity contribution >= 4 is 0 Å². The molecule has 1 aliphatic heterocycles. The van der Waals surface area contributed by atoms with Gasteiger partial charge in [0.2, 0.25) is 0 Å². The molecule has 2 aromatic rings. The number of likely N-dealkylation sites (tertiary alicyclic amines) is 1. The lowest BCUT2D eigenvalue weighted by molar-refractivity contribution is 0.202. The van der Waals surface area contributed by atoms with E-state index in [0.29, 0.717) is 11.8 Å². The third-order valence-electron chi connectivity index (χ3n) is 4.90. The van der Waals surface area contributed by atoms with Gasteiger partial charge in [-0.25, -0.2) is 0 Å². The number of piperidine rings is 1. The number of hydrogen-bond acceptors (Lipinski definition) is 3. The molecule has 1 fully saturated rings. The summed E-state index contributed by atoms with van der Waals surface area (Å²) < 4.78 is 0. The van der Waals surface area contributed by atoms with Crippen LogP contribution in [0.4, 0.5) is 0 Å².